The maximum atomic E-state index is 13.2. The van der Waals surface area contributed by atoms with Gasteiger partial charge < -0.3 is 5.11 Å². The highest BCUT2D eigenvalue weighted by Gasteiger charge is 2.14. The highest BCUT2D eigenvalue weighted by molar-refractivity contribution is 5.30. The second-order valence-corrected chi connectivity index (χ2v) is 6.75. The van der Waals surface area contributed by atoms with Crippen LogP contribution in [0.3, 0.4) is 0 Å². The molecular formula is C22H28FNO. The number of nitrogens with zero attached hydrogens (tertiary/aromatic N) is 1. The van der Waals surface area contributed by atoms with E-state index in [-0.39, 0.29) is 5.82 Å². The molecule has 3 heteroatoms. The van der Waals surface area contributed by atoms with Gasteiger partial charge >= 0.3 is 0 Å². The lowest BCUT2D eigenvalue weighted by atomic mass is 10.0. The highest BCUT2D eigenvalue weighted by Crippen LogP contribution is 2.17. The molecule has 0 spiro atoms. The van der Waals surface area contributed by atoms with Crippen LogP contribution in [0.2, 0.25) is 0 Å². The smallest absolute Gasteiger partial charge is 0.123 e. The summed E-state index contributed by atoms with van der Waals surface area (Å²) in [6.45, 7) is 9.94. The number of aliphatic hydroxyl groups is 1. The van der Waals surface area contributed by atoms with E-state index in [1.54, 1.807) is 0 Å². The Kier molecular flexibility index (Phi) is 7.35. The first-order chi connectivity index (χ1) is 12.0. The monoisotopic (exact) mass is 341 g/mol. The Balaban J connectivity index is 2.13. The Labute approximate surface area is 150 Å². The number of aryl methyl sites for hydroxylation is 2. The van der Waals surface area contributed by atoms with E-state index < -0.39 is 6.10 Å². The van der Waals surface area contributed by atoms with Crippen LogP contribution in [0.4, 0.5) is 4.39 Å². The predicted molar refractivity (Wildman–Crippen MR) is 102 cm³/mol. The van der Waals surface area contributed by atoms with E-state index in [1.807, 2.05) is 18.2 Å². The van der Waals surface area contributed by atoms with E-state index in [4.69, 9.17) is 0 Å². The summed E-state index contributed by atoms with van der Waals surface area (Å²) < 4.78 is 13.2. The summed E-state index contributed by atoms with van der Waals surface area (Å²) in [5.41, 5.74) is 4.78. The molecule has 1 N–H and O–H groups in total. The van der Waals surface area contributed by atoms with Crippen LogP contribution in [0.1, 0.15) is 35.1 Å². The van der Waals surface area contributed by atoms with E-state index >= 15 is 0 Å². The lowest BCUT2D eigenvalue weighted by Crippen LogP contribution is -2.32. The summed E-state index contributed by atoms with van der Waals surface area (Å²) in [5, 5.41) is 10.3. The van der Waals surface area contributed by atoms with Gasteiger partial charge in [0.1, 0.15) is 5.82 Å². The minimum absolute atomic E-state index is 0.226. The number of benzene rings is 2. The molecule has 2 rings (SSSR count). The van der Waals surface area contributed by atoms with Crippen molar-refractivity contribution in [2.75, 3.05) is 6.54 Å². The molecule has 2 nitrogen and oxygen atoms in total. The predicted octanol–water partition coefficient (Wildman–Crippen LogP) is 4.77. The molecule has 0 fully saturated rings. The topological polar surface area (TPSA) is 23.5 Å². The van der Waals surface area contributed by atoms with Crippen LogP contribution in [0.15, 0.2) is 55.1 Å². The van der Waals surface area contributed by atoms with Crippen molar-refractivity contribution in [1.82, 2.24) is 4.90 Å². The first-order valence-corrected chi connectivity index (χ1v) is 8.80. The van der Waals surface area contributed by atoms with Crippen LogP contribution in [-0.4, -0.2) is 22.7 Å². The van der Waals surface area contributed by atoms with Crippen molar-refractivity contribution in [1.29, 1.82) is 0 Å². The summed E-state index contributed by atoms with van der Waals surface area (Å²) in [4.78, 5) is 2.22. The van der Waals surface area contributed by atoms with Crippen molar-refractivity contribution in [3.63, 3.8) is 0 Å². The molecule has 1 atom stereocenters. The van der Waals surface area contributed by atoms with Crippen molar-refractivity contribution in [3.05, 3.63) is 83.2 Å². The van der Waals surface area contributed by atoms with Crippen molar-refractivity contribution in [3.8, 4) is 0 Å². The number of aliphatic hydroxyl groups excluding tert-OH is 1. The Hall–Kier alpha value is -1.97. The molecule has 25 heavy (non-hydrogen) atoms. The zero-order valence-electron chi connectivity index (χ0n) is 15.2. The first-order valence-electron chi connectivity index (χ1n) is 8.80. The molecule has 0 aliphatic heterocycles. The van der Waals surface area contributed by atoms with Gasteiger partial charge in [-0.3, -0.25) is 4.90 Å². The van der Waals surface area contributed by atoms with Crippen LogP contribution in [0, 0.1) is 19.7 Å². The third-order valence-electron chi connectivity index (χ3n) is 4.39. The van der Waals surface area contributed by atoms with Crippen LogP contribution in [0.5, 0.6) is 0 Å². The molecule has 2 aromatic carbocycles. The van der Waals surface area contributed by atoms with Gasteiger partial charge in [-0.15, -0.1) is 6.58 Å². The maximum Gasteiger partial charge on any atom is 0.123 e. The van der Waals surface area contributed by atoms with Gasteiger partial charge in [-0.25, -0.2) is 4.39 Å². The number of hydrogen-bond acceptors (Lipinski definition) is 2. The van der Waals surface area contributed by atoms with Gasteiger partial charge in [0, 0.05) is 19.6 Å². The van der Waals surface area contributed by atoms with Gasteiger partial charge in [0.25, 0.3) is 0 Å². The Morgan fingerprint density at radius 3 is 2.52 bits per heavy atom. The van der Waals surface area contributed by atoms with Crippen LogP contribution >= 0.6 is 0 Å². The van der Waals surface area contributed by atoms with Crippen LogP contribution in [0.25, 0.3) is 0 Å². The average Bonchev–Trinajstić information content (AvgIpc) is 2.58. The average molecular weight is 341 g/mol. The van der Waals surface area contributed by atoms with Crippen LogP contribution in [-0.2, 0) is 13.1 Å². The second-order valence-electron chi connectivity index (χ2n) is 6.75. The lowest BCUT2D eigenvalue weighted by Gasteiger charge is -2.26. The van der Waals surface area contributed by atoms with Gasteiger partial charge in [0.15, 0.2) is 0 Å². The molecule has 0 saturated heterocycles. The van der Waals surface area contributed by atoms with Gasteiger partial charge in [0.2, 0.25) is 0 Å². The fourth-order valence-electron chi connectivity index (χ4n) is 2.94. The van der Waals surface area contributed by atoms with Gasteiger partial charge in [-0.2, -0.15) is 0 Å². The summed E-state index contributed by atoms with van der Waals surface area (Å²) >= 11 is 0. The van der Waals surface area contributed by atoms with Crippen molar-refractivity contribution >= 4 is 0 Å². The normalized spacial score (nSPS) is 12.4. The van der Waals surface area contributed by atoms with E-state index in [0.717, 1.165) is 18.5 Å². The van der Waals surface area contributed by atoms with Gasteiger partial charge in [0.05, 0.1) is 6.10 Å². The van der Waals surface area contributed by atoms with Crippen LogP contribution < -0.4 is 0 Å². The van der Waals surface area contributed by atoms with Crippen molar-refractivity contribution < 1.29 is 9.50 Å². The molecule has 0 bridgehead atoms. The third-order valence-corrected chi connectivity index (χ3v) is 4.39. The summed E-state index contributed by atoms with van der Waals surface area (Å²) in [6.07, 6.45) is 2.94. The first kappa shape index (κ1) is 19.4. The Bertz CT molecular complexity index is 681. The molecule has 0 radical (unpaired) electrons. The quantitative estimate of drug-likeness (QED) is 0.664. The molecule has 0 aliphatic carbocycles. The fraction of sp³-hybridized carbons (Fsp3) is 0.364. The third kappa shape index (κ3) is 6.45. The maximum absolute atomic E-state index is 13.2. The molecule has 0 heterocycles. The minimum Gasteiger partial charge on any atom is -0.392 e. The fourth-order valence-corrected chi connectivity index (χ4v) is 2.94. The van der Waals surface area contributed by atoms with E-state index in [1.165, 1.54) is 28.8 Å². The zero-order valence-corrected chi connectivity index (χ0v) is 15.2. The Morgan fingerprint density at radius 2 is 1.84 bits per heavy atom. The van der Waals surface area contributed by atoms with Gasteiger partial charge in [-0.1, -0.05) is 42.0 Å². The number of allylic oxidation sites excluding steroid dienone is 1. The number of halogens is 1. The molecule has 134 valence electrons. The van der Waals surface area contributed by atoms with Crippen molar-refractivity contribution in [2.45, 2.75) is 45.9 Å². The van der Waals surface area contributed by atoms with E-state index in [2.05, 4.69) is 43.5 Å². The number of hydrogen-bond donors (Lipinski definition) is 1. The molecule has 0 aromatic heterocycles. The second kappa shape index (κ2) is 9.50. The van der Waals surface area contributed by atoms with E-state index in [0.29, 0.717) is 19.5 Å². The highest BCUT2D eigenvalue weighted by atomic mass is 19.1. The lowest BCUT2D eigenvalue weighted by molar-refractivity contribution is 0.0983. The minimum atomic E-state index is -0.399. The summed E-state index contributed by atoms with van der Waals surface area (Å²) in [5.74, 6) is -0.226. The zero-order chi connectivity index (χ0) is 18.2. The molecule has 0 unspecified atom stereocenters. The van der Waals surface area contributed by atoms with Crippen molar-refractivity contribution in [2.24, 2.45) is 0 Å². The SMILES string of the molecule is C=CCC[C@H](O)CN(Cc1ccc(F)cc1)Cc1cc(C)ccc1C. The standard InChI is InChI=1S/C22H28FNO/c1-4-5-6-22(25)16-24(14-19-9-11-21(23)12-10-19)15-20-13-17(2)7-8-18(20)3/h4,7-13,22,25H,1,5-6,14-16H2,2-3H3/t22-/m0/s1. The molecule has 0 saturated carbocycles. The van der Waals surface area contributed by atoms with E-state index in [9.17, 15) is 9.50 Å². The molecule has 2 aromatic rings. The number of rotatable bonds is 9. The largest absolute Gasteiger partial charge is 0.392 e. The summed E-state index contributed by atoms with van der Waals surface area (Å²) in [6, 6.07) is 13.0. The molecular weight excluding hydrogens is 313 g/mol. The molecule has 0 aliphatic rings. The van der Waals surface area contributed by atoms with Gasteiger partial charge in [-0.05, 0) is 55.5 Å². The molecule has 0 amide bonds. The summed E-state index contributed by atoms with van der Waals surface area (Å²) in [7, 11) is 0. The Morgan fingerprint density at radius 1 is 1.12 bits per heavy atom.